The third-order valence-corrected chi connectivity index (χ3v) is 3.04. The van der Waals surface area contributed by atoms with Crippen LogP contribution in [-0.4, -0.2) is 32.7 Å². The number of rotatable bonds is 2. The van der Waals surface area contributed by atoms with E-state index in [-0.39, 0.29) is 17.1 Å². The van der Waals surface area contributed by atoms with E-state index in [1.54, 1.807) is 0 Å². The summed E-state index contributed by atoms with van der Waals surface area (Å²) in [6, 6.07) is 0. The molecule has 0 unspecified atom stereocenters. The Labute approximate surface area is 146 Å². The summed E-state index contributed by atoms with van der Waals surface area (Å²) in [5.41, 5.74) is 1.85. The maximum atomic E-state index is 4.76. The molecule has 0 aromatic rings. The number of thioether (sulfide) groups is 2. The van der Waals surface area contributed by atoms with Crippen molar-refractivity contribution < 1.29 is 17.1 Å². The van der Waals surface area contributed by atoms with Crippen LogP contribution in [-0.2, 0) is 42.3 Å². The van der Waals surface area contributed by atoms with Crippen molar-refractivity contribution in [1.82, 2.24) is 0 Å². The van der Waals surface area contributed by atoms with E-state index in [9.17, 15) is 0 Å². The second-order valence-corrected chi connectivity index (χ2v) is 6.11. The van der Waals surface area contributed by atoms with Crippen LogP contribution in [0.15, 0.2) is 20.4 Å². The molecule has 0 heterocycles. The van der Waals surface area contributed by atoms with Crippen molar-refractivity contribution in [2.24, 2.45) is 20.4 Å². The molecule has 0 aromatic carbocycles. The molecule has 0 bridgehead atoms. The summed E-state index contributed by atoms with van der Waals surface area (Å²) in [7, 11) is 0. The average molecular weight is 386 g/mol. The molecule has 0 N–H and O–H groups in total. The van der Waals surface area contributed by atoms with Gasteiger partial charge in [0.1, 0.15) is 0 Å². The van der Waals surface area contributed by atoms with Crippen molar-refractivity contribution in [1.29, 1.82) is 0 Å². The van der Waals surface area contributed by atoms with Gasteiger partial charge in [0.25, 0.3) is 0 Å². The van der Waals surface area contributed by atoms with Gasteiger partial charge in [-0.2, -0.15) is 20.4 Å². The second-order valence-electron chi connectivity index (χ2n) is 3.23. The maximum absolute atomic E-state index is 4.76. The van der Waals surface area contributed by atoms with E-state index in [0.717, 1.165) is 11.4 Å². The summed E-state index contributed by atoms with van der Waals surface area (Å²) in [4.78, 5) is 0. The van der Waals surface area contributed by atoms with Gasteiger partial charge in [0.05, 0.1) is 0 Å². The van der Waals surface area contributed by atoms with Crippen molar-refractivity contribution in [3.8, 4) is 0 Å². The fourth-order valence-corrected chi connectivity index (χ4v) is 0.690. The zero-order chi connectivity index (χ0) is 14.6. The third kappa shape index (κ3) is 23.8. The Morgan fingerprint density at radius 2 is 0.947 bits per heavy atom. The van der Waals surface area contributed by atoms with Gasteiger partial charge in [-0.1, -0.05) is 0 Å². The largest absolute Gasteiger partial charge is 2.00 e. The summed E-state index contributed by atoms with van der Waals surface area (Å²) in [5.74, 6) is 0. The molecule has 0 fully saturated rings. The van der Waals surface area contributed by atoms with Gasteiger partial charge >= 0.3 is 17.1 Å². The maximum Gasteiger partial charge on any atom is 2.00 e. The fourth-order valence-electron chi connectivity index (χ4n) is 0.363. The van der Waals surface area contributed by atoms with Crippen molar-refractivity contribution in [2.75, 3.05) is 12.5 Å². The van der Waals surface area contributed by atoms with Crippen LogP contribution in [0.3, 0.4) is 0 Å². The SMILES string of the molecule is CSC([S-])=NN=C(C)C.CSC([S-])=NN=C(C)C.[Cu+2]. The van der Waals surface area contributed by atoms with Crippen LogP contribution < -0.4 is 0 Å². The van der Waals surface area contributed by atoms with Gasteiger partial charge in [-0.3, -0.25) is 0 Å². The van der Waals surface area contributed by atoms with E-state index >= 15 is 0 Å². The molecule has 9 heteroatoms. The molecule has 0 saturated carbocycles. The van der Waals surface area contributed by atoms with Crippen molar-refractivity contribution in [3.05, 3.63) is 0 Å². The summed E-state index contributed by atoms with van der Waals surface area (Å²) in [5, 5.41) is 15.0. The molecule has 0 spiro atoms. The van der Waals surface area contributed by atoms with Crippen LogP contribution in [0.4, 0.5) is 0 Å². The van der Waals surface area contributed by atoms with Crippen LogP contribution in [0.1, 0.15) is 27.7 Å². The minimum Gasteiger partial charge on any atom is -0.752 e. The first-order valence-electron chi connectivity index (χ1n) is 4.93. The number of hydrogen-bond acceptors (Lipinski definition) is 8. The predicted molar refractivity (Wildman–Crippen MR) is 94.2 cm³/mol. The van der Waals surface area contributed by atoms with Crippen molar-refractivity contribution in [3.63, 3.8) is 0 Å². The van der Waals surface area contributed by atoms with Gasteiger partial charge in [-0.25, -0.2) is 0 Å². The molecule has 4 nitrogen and oxygen atoms in total. The van der Waals surface area contributed by atoms with Crippen molar-refractivity contribution >= 4 is 69.0 Å². The summed E-state index contributed by atoms with van der Waals surface area (Å²) in [6.45, 7) is 7.53. The quantitative estimate of drug-likeness (QED) is 0.240. The molecular weight excluding hydrogens is 368 g/mol. The van der Waals surface area contributed by atoms with E-state index in [4.69, 9.17) is 25.3 Å². The molecule has 113 valence electrons. The van der Waals surface area contributed by atoms with E-state index in [1.807, 2.05) is 40.2 Å². The smallest absolute Gasteiger partial charge is 0.752 e. The first-order chi connectivity index (χ1) is 8.33. The number of nitrogens with zero attached hydrogens (tertiary/aromatic N) is 4. The molecule has 0 aliphatic carbocycles. The molecule has 19 heavy (non-hydrogen) atoms. The van der Waals surface area contributed by atoms with Gasteiger partial charge in [-0.05, 0) is 49.0 Å². The van der Waals surface area contributed by atoms with Gasteiger partial charge in [-0.15, -0.1) is 23.5 Å². The van der Waals surface area contributed by atoms with Crippen molar-refractivity contribution in [2.45, 2.75) is 27.7 Å². The minimum absolute atomic E-state index is 0. The van der Waals surface area contributed by atoms with Crippen LogP contribution in [0, 0.1) is 0 Å². The van der Waals surface area contributed by atoms with Crippen LogP contribution in [0.5, 0.6) is 0 Å². The second kappa shape index (κ2) is 16.4. The molecular formula is C10H18CuN4S4. The molecule has 0 rings (SSSR count). The van der Waals surface area contributed by atoms with Crippen LogP contribution in [0.2, 0.25) is 0 Å². The molecule has 0 aliphatic heterocycles. The Kier molecular flexibility index (Phi) is 21.0. The molecule has 0 saturated heterocycles. The Morgan fingerprint density at radius 1 is 0.684 bits per heavy atom. The molecule has 0 aliphatic rings. The van der Waals surface area contributed by atoms with Crippen LogP contribution >= 0.6 is 23.5 Å². The van der Waals surface area contributed by atoms with Gasteiger partial charge < -0.3 is 25.3 Å². The Hall–Kier alpha value is 0.339. The zero-order valence-corrected chi connectivity index (χ0v) is 15.9. The molecule has 0 aromatic heterocycles. The topological polar surface area (TPSA) is 49.4 Å². The van der Waals surface area contributed by atoms with Gasteiger partial charge in [0, 0.05) is 11.4 Å². The minimum atomic E-state index is 0. The summed E-state index contributed by atoms with van der Waals surface area (Å²) < 4.78 is 1.16. The molecule has 0 amide bonds. The van der Waals surface area contributed by atoms with Crippen LogP contribution in [0.25, 0.3) is 0 Å². The average Bonchev–Trinajstić information content (AvgIpc) is 2.33. The Balaban J connectivity index is -0.000000256. The first kappa shape index (κ1) is 24.4. The molecule has 0 atom stereocenters. The Bertz CT molecular complexity index is 311. The molecule has 1 radical (unpaired) electrons. The summed E-state index contributed by atoms with van der Waals surface area (Å²) in [6.07, 6.45) is 3.76. The van der Waals surface area contributed by atoms with E-state index < -0.39 is 0 Å². The predicted octanol–water partition coefficient (Wildman–Crippen LogP) is 3.29. The third-order valence-electron chi connectivity index (χ3n) is 1.01. The van der Waals surface area contributed by atoms with E-state index in [0.29, 0.717) is 8.75 Å². The van der Waals surface area contributed by atoms with Gasteiger partial charge in [0.15, 0.2) is 0 Å². The Morgan fingerprint density at radius 3 is 1.11 bits per heavy atom. The van der Waals surface area contributed by atoms with E-state index in [1.165, 1.54) is 23.5 Å². The fraction of sp³-hybridized carbons (Fsp3) is 0.600. The van der Waals surface area contributed by atoms with E-state index in [2.05, 4.69) is 20.4 Å². The zero-order valence-electron chi connectivity index (χ0n) is 11.7. The first-order valence-corrected chi connectivity index (χ1v) is 8.19. The standard InChI is InChI=1S/2C5H10N2S2.Cu/c2*1-4(2)6-7-5(8)9-3;/h2*1-3H3,(H,7,8);/q;;+2/p-2. The van der Waals surface area contributed by atoms with Gasteiger partial charge in [0.2, 0.25) is 0 Å². The summed E-state index contributed by atoms with van der Waals surface area (Å²) >= 11 is 12.4. The monoisotopic (exact) mass is 385 g/mol. The number of hydrogen-bond donors (Lipinski definition) is 0. The normalized spacial score (nSPS) is 10.6.